The summed E-state index contributed by atoms with van der Waals surface area (Å²) < 4.78 is 0. The zero-order chi connectivity index (χ0) is 5.28. The zero-order valence-electron chi connectivity index (χ0n) is 4.07. The average Bonchev–Trinajstić information content (AvgIpc) is 1.91. The highest BCUT2D eigenvalue weighted by Gasteiger charge is 1.71. The predicted octanol–water partition coefficient (Wildman–Crippen LogP) is -0.165. The minimum Gasteiger partial charge on any atom is -0.362 e. The molecule has 1 heteroatoms. The van der Waals surface area contributed by atoms with E-state index in [1.165, 1.54) is 0 Å². The highest BCUT2D eigenvalue weighted by molar-refractivity contribution is 5.09. The van der Waals surface area contributed by atoms with Crippen molar-refractivity contribution in [1.29, 1.82) is 0 Å². The number of aromatic amines is 1. The van der Waals surface area contributed by atoms with E-state index < -0.39 is 0 Å². The van der Waals surface area contributed by atoms with E-state index in [9.17, 15) is 0 Å². The lowest BCUT2D eigenvalue weighted by atomic mass is 10.5. The number of hydrogen-bond donors (Lipinski definition) is 1. The summed E-state index contributed by atoms with van der Waals surface area (Å²) in [6.07, 6.45) is 1.82. The fourth-order valence-corrected chi connectivity index (χ4v) is 0.436. The molecule has 1 rings (SSSR count). The Morgan fingerprint density at radius 2 is 2.14 bits per heavy atom. The van der Waals surface area contributed by atoms with Crippen LogP contribution in [0.25, 0.3) is 13.2 Å². The van der Waals surface area contributed by atoms with Crippen molar-refractivity contribution in [2.24, 2.45) is 0 Å². The van der Waals surface area contributed by atoms with E-state index in [0.29, 0.717) is 0 Å². The standard InChI is InChI=1S/C6H7N/c1-5-3-4-7-6(5)2/h3-4,7H,1-2H2. The molecule has 36 valence electrons. The van der Waals surface area contributed by atoms with Gasteiger partial charge in [0.25, 0.3) is 0 Å². The molecule has 1 aromatic heterocycles. The molecule has 0 atom stereocenters. The number of nitrogens with one attached hydrogen (secondary N) is 1. The Bertz CT molecular complexity index is 208. The number of H-pyrrole nitrogens is 1. The molecule has 0 unspecified atom stereocenters. The summed E-state index contributed by atoms with van der Waals surface area (Å²) in [6, 6.07) is 1.89. The number of rotatable bonds is 0. The van der Waals surface area contributed by atoms with E-state index in [1.54, 1.807) is 0 Å². The maximum absolute atomic E-state index is 3.69. The predicted molar refractivity (Wildman–Crippen MR) is 31.1 cm³/mol. The van der Waals surface area contributed by atoms with Crippen molar-refractivity contribution in [2.75, 3.05) is 0 Å². The topological polar surface area (TPSA) is 15.8 Å². The lowest BCUT2D eigenvalue weighted by Gasteiger charge is -1.62. The SMILES string of the molecule is C=c1cc[nH]c1=C. The second kappa shape index (κ2) is 1.26. The van der Waals surface area contributed by atoms with E-state index in [-0.39, 0.29) is 0 Å². The average molecular weight is 93.1 g/mol. The molecular weight excluding hydrogens is 86.1 g/mol. The minimum absolute atomic E-state index is 0.903. The van der Waals surface area contributed by atoms with Crippen LogP contribution in [-0.2, 0) is 0 Å². The Morgan fingerprint density at radius 1 is 1.43 bits per heavy atom. The minimum atomic E-state index is 0.903. The first-order chi connectivity index (χ1) is 3.30. The Labute approximate surface area is 42.0 Å². The monoisotopic (exact) mass is 93.1 g/mol. The normalized spacial score (nSPS) is 9.14. The third-order valence-corrected chi connectivity index (χ3v) is 0.930. The second-order valence-electron chi connectivity index (χ2n) is 1.48. The van der Waals surface area contributed by atoms with E-state index >= 15 is 0 Å². The molecule has 0 saturated carbocycles. The molecule has 1 N–H and O–H groups in total. The van der Waals surface area contributed by atoms with E-state index in [1.807, 2.05) is 12.3 Å². The Hall–Kier alpha value is -0.980. The molecule has 0 fully saturated rings. The molecular formula is C6H7N. The lowest BCUT2D eigenvalue weighted by molar-refractivity contribution is 1.33. The molecule has 7 heavy (non-hydrogen) atoms. The fraction of sp³-hybridized carbons (Fsp3) is 0. The second-order valence-corrected chi connectivity index (χ2v) is 1.48. The lowest BCUT2D eigenvalue weighted by Crippen LogP contribution is -2.17. The maximum atomic E-state index is 3.69. The van der Waals surface area contributed by atoms with Crippen LogP contribution in [0.2, 0.25) is 0 Å². The van der Waals surface area contributed by atoms with Crippen LogP contribution in [0, 0.1) is 0 Å². The molecule has 0 aromatic carbocycles. The smallest absolute Gasteiger partial charge is 0.0374 e. The highest BCUT2D eigenvalue weighted by Crippen LogP contribution is 1.53. The van der Waals surface area contributed by atoms with E-state index in [4.69, 9.17) is 0 Å². The van der Waals surface area contributed by atoms with Crippen LogP contribution in [0.15, 0.2) is 12.3 Å². The van der Waals surface area contributed by atoms with Crippen LogP contribution in [0.4, 0.5) is 0 Å². The third kappa shape index (κ3) is 0.563. The molecule has 0 bridgehead atoms. The zero-order valence-corrected chi connectivity index (χ0v) is 4.07. The van der Waals surface area contributed by atoms with Crippen LogP contribution in [-0.4, -0.2) is 4.98 Å². The van der Waals surface area contributed by atoms with Gasteiger partial charge >= 0.3 is 0 Å². The van der Waals surface area contributed by atoms with Crippen molar-refractivity contribution in [3.63, 3.8) is 0 Å². The van der Waals surface area contributed by atoms with Crippen molar-refractivity contribution in [3.8, 4) is 0 Å². The molecule has 1 aromatic rings. The van der Waals surface area contributed by atoms with Crippen molar-refractivity contribution in [3.05, 3.63) is 22.8 Å². The molecule has 0 aliphatic rings. The van der Waals surface area contributed by atoms with E-state index in [2.05, 4.69) is 18.1 Å². The van der Waals surface area contributed by atoms with Crippen molar-refractivity contribution < 1.29 is 0 Å². The molecule has 0 aliphatic heterocycles. The van der Waals surface area contributed by atoms with Crippen LogP contribution in [0.3, 0.4) is 0 Å². The van der Waals surface area contributed by atoms with Gasteiger partial charge in [0.05, 0.1) is 0 Å². The first-order valence-corrected chi connectivity index (χ1v) is 2.12. The third-order valence-electron chi connectivity index (χ3n) is 0.930. The van der Waals surface area contributed by atoms with Gasteiger partial charge in [-0.15, -0.1) is 0 Å². The van der Waals surface area contributed by atoms with E-state index in [0.717, 1.165) is 10.6 Å². The first-order valence-electron chi connectivity index (χ1n) is 2.12. The Morgan fingerprint density at radius 3 is 2.29 bits per heavy atom. The molecule has 0 amide bonds. The molecule has 0 saturated heterocycles. The maximum Gasteiger partial charge on any atom is 0.0374 e. The van der Waals surface area contributed by atoms with Crippen LogP contribution in [0.1, 0.15) is 0 Å². The van der Waals surface area contributed by atoms with Gasteiger partial charge in [-0.3, -0.25) is 0 Å². The summed E-state index contributed by atoms with van der Waals surface area (Å²) in [6.45, 7) is 7.35. The molecule has 0 spiro atoms. The largest absolute Gasteiger partial charge is 0.362 e. The van der Waals surface area contributed by atoms with Crippen LogP contribution in [0.5, 0.6) is 0 Å². The highest BCUT2D eigenvalue weighted by atomic mass is 14.6. The fourth-order valence-electron chi connectivity index (χ4n) is 0.436. The molecule has 0 radical (unpaired) electrons. The molecule has 1 heterocycles. The van der Waals surface area contributed by atoms with Gasteiger partial charge in [-0.1, -0.05) is 13.2 Å². The van der Waals surface area contributed by atoms with Gasteiger partial charge in [-0.2, -0.15) is 0 Å². The number of hydrogen-bond acceptors (Lipinski definition) is 0. The Kier molecular flexibility index (Phi) is 0.754. The van der Waals surface area contributed by atoms with Gasteiger partial charge in [0.15, 0.2) is 0 Å². The van der Waals surface area contributed by atoms with Gasteiger partial charge in [-0.25, -0.2) is 0 Å². The quantitative estimate of drug-likeness (QED) is 0.458. The van der Waals surface area contributed by atoms with Gasteiger partial charge in [0.2, 0.25) is 0 Å². The van der Waals surface area contributed by atoms with Gasteiger partial charge in [0, 0.05) is 11.5 Å². The van der Waals surface area contributed by atoms with Gasteiger partial charge in [-0.05, 0) is 11.3 Å². The summed E-state index contributed by atoms with van der Waals surface area (Å²) in [5.74, 6) is 0. The summed E-state index contributed by atoms with van der Waals surface area (Å²) in [5.41, 5.74) is 0. The summed E-state index contributed by atoms with van der Waals surface area (Å²) in [7, 11) is 0. The van der Waals surface area contributed by atoms with Gasteiger partial charge in [0.1, 0.15) is 0 Å². The van der Waals surface area contributed by atoms with Crippen molar-refractivity contribution >= 4 is 13.2 Å². The van der Waals surface area contributed by atoms with Gasteiger partial charge < -0.3 is 4.98 Å². The van der Waals surface area contributed by atoms with Crippen LogP contribution < -0.4 is 10.6 Å². The summed E-state index contributed by atoms with van der Waals surface area (Å²) in [5, 5.41) is 1.88. The summed E-state index contributed by atoms with van der Waals surface area (Å²) in [4.78, 5) is 2.89. The first kappa shape index (κ1) is 4.19. The summed E-state index contributed by atoms with van der Waals surface area (Å²) >= 11 is 0. The Balaban J connectivity index is 3.71. The van der Waals surface area contributed by atoms with Crippen molar-refractivity contribution in [2.45, 2.75) is 0 Å². The van der Waals surface area contributed by atoms with Crippen molar-refractivity contribution in [1.82, 2.24) is 4.98 Å². The van der Waals surface area contributed by atoms with Crippen LogP contribution >= 0.6 is 0 Å². The molecule has 1 nitrogen and oxygen atoms in total. The molecule has 0 aliphatic carbocycles. The number of aromatic nitrogens is 1.